The van der Waals surface area contributed by atoms with Crippen molar-refractivity contribution in [2.75, 3.05) is 20.3 Å². The fourth-order valence-corrected chi connectivity index (χ4v) is 1.17. The zero-order valence-corrected chi connectivity index (χ0v) is 9.76. The van der Waals surface area contributed by atoms with Gasteiger partial charge in [-0.25, -0.2) is 4.79 Å². The van der Waals surface area contributed by atoms with Crippen molar-refractivity contribution in [2.45, 2.75) is 6.42 Å². The molecule has 1 aromatic rings. The molecule has 0 amide bonds. The molecule has 0 aliphatic heterocycles. The minimum Gasteiger partial charge on any atom is -0.482 e. The number of hydrogen-bond donors (Lipinski definition) is 1. The molecule has 0 fully saturated rings. The Hall–Kier alpha value is -1.81. The lowest BCUT2D eigenvalue weighted by Gasteiger charge is -2.04. The van der Waals surface area contributed by atoms with E-state index in [0.717, 1.165) is 5.56 Å². The second-order valence-electron chi connectivity index (χ2n) is 3.35. The number of benzene rings is 1. The molecule has 0 aromatic heterocycles. The van der Waals surface area contributed by atoms with Crippen LogP contribution in [0.3, 0.4) is 0 Å². The topological polar surface area (TPSA) is 55.8 Å². The highest BCUT2D eigenvalue weighted by Crippen LogP contribution is 2.13. The van der Waals surface area contributed by atoms with Crippen LogP contribution in [-0.2, 0) is 9.53 Å². The van der Waals surface area contributed by atoms with Crippen molar-refractivity contribution in [3.05, 3.63) is 35.9 Å². The molecular formula is C13H16O4. The lowest BCUT2D eigenvalue weighted by molar-refractivity contribution is -0.142. The van der Waals surface area contributed by atoms with Gasteiger partial charge in [0.25, 0.3) is 0 Å². The van der Waals surface area contributed by atoms with Crippen LogP contribution in [0, 0.1) is 0 Å². The Balaban J connectivity index is 2.47. The van der Waals surface area contributed by atoms with Crippen molar-refractivity contribution >= 4 is 12.0 Å². The van der Waals surface area contributed by atoms with Crippen molar-refractivity contribution in [3.8, 4) is 5.75 Å². The smallest absolute Gasteiger partial charge is 0.343 e. The molecule has 0 spiro atoms. The van der Waals surface area contributed by atoms with Gasteiger partial charge in [0.1, 0.15) is 5.75 Å². The summed E-state index contributed by atoms with van der Waals surface area (Å²) in [5.74, 6) is 0.214. The molecule has 0 heterocycles. The number of ether oxygens (including phenoxy) is 2. The van der Waals surface area contributed by atoms with Gasteiger partial charge in [0.05, 0.1) is 7.11 Å². The summed E-state index contributed by atoms with van der Waals surface area (Å²) in [6.45, 7) is 0.0625. The van der Waals surface area contributed by atoms with E-state index in [9.17, 15) is 4.79 Å². The van der Waals surface area contributed by atoms with Crippen LogP contribution in [0.25, 0.3) is 6.08 Å². The highest BCUT2D eigenvalue weighted by atomic mass is 16.6. The van der Waals surface area contributed by atoms with E-state index < -0.39 is 5.97 Å². The van der Waals surface area contributed by atoms with Gasteiger partial charge in [-0.3, -0.25) is 0 Å². The van der Waals surface area contributed by atoms with Crippen LogP contribution >= 0.6 is 0 Å². The van der Waals surface area contributed by atoms with Crippen molar-refractivity contribution in [1.82, 2.24) is 0 Å². The standard InChI is InChI=1S/C13H16O4/c1-16-13(15)10-17-12-7-5-11(6-8-12)4-2-3-9-14/h2,4-8,14H,3,9-10H2,1H3. The van der Waals surface area contributed by atoms with E-state index in [2.05, 4.69) is 4.74 Å². The molecule has 0 saturated heterocycles. The highest BCUT2D eigenvalue weighted by molar-refractivity contribution is 5.70. The number of esters is 1. The molecule has 4 heteroatoms. The molecule has 0 bridgehead atoms. The predicted molar refractivity (Wildman–Crippen MR) is 64.7 cm³/mol. The van der Waals surface area contributed by atoms with Crippen molar-refractivity contribution in [1.29, 1.82) is 0 Å². The fourth-order valence-electron chi connectivity index (χ4n) is 1.17. The first-order chi connectivity index (χ1) is 8.26. The maximum absolute atomic E-state index is 10.8. The Morgan fingerprint density at radius 3 is 2.65 bits per heavy atom. The monoisotopic (exact) mass is 236 g/mol. The van der Waals surface area contributed by atoms with E-state index in [1.165, 1.54) is 7.11 Å². The Morgan fingerprint density at radius 2 is 2.06 bits per heavy atom. The van der Waals surface area contributed by atoms with Crippen molar-refractivity contribution < 1.29 is 19.4 Å². The van der Waals surface area contributed by atoms with Gasteiger partial charge < -0.3 is 14.6 Å². The molecule has 1 N–H and O–H groups in total. The Labute approximate surface area is 100 Å². The van der Waals surface area contributed by atoms with Crippen LogP contribution in [-0.4, -0.2) is 31.4 Å². The predicted octanol–water partition coefficient (Wildman–Crippen LogP) is 1.63. The van der Waals surface area contributed by atoms with Crippen LogP contribution in [0.15, 0.2) is 30.3 Å². The molecule has 1 aromatic carbocycles. The summed E-state index contributed by atoms with van der Waals surface area (Å²) in [5, 5.41) is 8.62. The second-order valence-corrected chi connectivity index (χ2v) is 3.35. The second kappa shape index (κ2) is 7.46. The Kier molecular flexibility index (Phi) is 5.82. The number of aliphatic hydroxyl groups is 1. The van der Waals surface area contributed by atoms with E-state index in [4.69, 9.17) is 9.84 Å². The van der Waals surface area contributed by atoms with Crippen LogP contribution in [0.2, 0.25) is 0 Å². The Morgan fingerprint density at radius 1 is 1.35 bits per heavy atom. The van der Waals surface area contributed by atoms with Gasteiger partial charge in [0.2, 0.25) is 0 Å². The maximum atomic E-state index is 10.8. The number of methoxy groups -OCH3 is 1. The fraction of sp³-hybridized carbons (Fsp3) is 0.308. The van der Waals surface area contributed by atoms with Crippen LogP contribution in [0.1, 0.15) is 12.0 Å². The normalized spacial score (nSPS) is 10.5. The maximum Gasteiger partial charge on any atom is 0.343 e. The molecular weight excluding hydrogens is 220 g/mol. The molecule has 92 valence electrons. The van der Waals surface area contributed by atoms with Gasteiger partial charge in [-0.1, -0.05) is 24.3 Å². The van der Waals surface area contributed by atoms with E-state index >= 15 is 0 Å². The first kappa shape index (κ1) is 13.3. The largest absolute Gasteiger partial charge is 0.482 e. The number of aliphatic hydroxyl groups excluding tert-OH is 1. The minimum atomic E-state index is -0.406. The lowest BCUT2D eigenvalue weighted by Crippen LogP contribution is -2.12. The average Bonchev–Trinajstić information content (AvgIpc) is 2.37. The molecule has 17 heavy (non-hydrogen) atoms. The highest BCUT2D eigenvalue weighted by Gasteiger charge is 2.00. The molecule has 0 aliphatic rings. The van der Waals surface area contributed by atoms with Crippen LogP contribution in [0.4, 0.5) is 0 Å². The third kappa shape index (κ3) is 5.17. The Bertz CT molecular complexity index is 368. The first-order valence-corrected chi connectivity index (χ1v) is 5.33. The van der Waals surface area contributed by atoms with E-state index in [1.54, 1.807) is 12.1 Å². The van der Waals surface area contributed by atoms with E-state index in [1.807, 2.05) is 24.3 Å². The van der Waals surface area contributed by atoms with Gasteiger partial charge in [0, 0.05) is 6.61 Å². The van der Waals surface area contributed by atoms with E-state index in [0.29, 0.717) is 12.2 Å². The quantitative estimate of drug-likeness (QED) is 0.763. The SMILES string of the molecule is COC(=O)COc1ccc(C=CCCO)cc1. The van der Waals surface area contributed by atoms with Gasteiger partial charge in [-0.05, 0) is 24.1 Å². The summed E-state index contributed by atoms with van der Waals surface area (Å²) >= 11 is 0. The van der Waals surface area contributed by atoms with Crippen LogP contribution in [0.5, 0.6) is 5.75 Å². The summed E-state index contributed by atoms with van der Waals surface area (Å²) in [5.41, 5.74) is 1.02. The average molecular weight is 236 g/mol. The third-order valence-electron chi connectivity index (χ3n) is 2.07. The zero-order chi connectivity index (χ0) is 12.5. The molecule has 0 atom stereocenters. The number of carbonyl (C=O) groups is 1. The molecule has 1 rings (SSSR count). The molecule has 0 unspecified atom stereocenters. The zero-order valence-electron chi connectivity index (χ0n) is 9.76. The summed E-state index contributed by atoms with van der Waals surface area (Å²) in [6.07, 6.45) is 4.45. The number of hydrogen-bond acceptors (Lipinski definition) is 4. The number of carbonyl (C=O) groups excluding carboxylic acids is 1. The molecule has 0 radical (unpaired) electrons. The minimum absolute atomic E-state index is 0.0871. The summed E-state index contributed by atoms with van der Waals surface area (Å²) in [4.78, 5) is 10.8. The van der Waals surface area contributed by atoms with Gasteiger partial charge >= 0.3 is 5.97 Å². The third-order valence-corrected chi connectivity index (χ3v) is 2.07. The van der Waals surface area contributed by atoms with E-state index in [-0.39, 0.29) is 13.2 Å². The van der Waals surface area contributed by atoms with Crippen LogP contribution < -0.4 is 4.74 Å². The summed E-state index contributed by atoms with van der Waals surface area (Å²) < 4.78 is 9.66. The van der Waals surface area contributed by atoms with Crippen molar-refractivity contribution in [3.63, 3.8) is 0 Å². The molecule has 4 nitrogen and oxygen atoms in total. The van der Waals surface area contributed by atoms with Gasteiger partial charge in [-0.15, -0.1) is 0 Å². The van der Waals surface area contributed by atoms with Crippen molar-refractivity contribution in [2.24, 2.45) is 0 Å². The first-order valence-electron chi connectivity index (χ1n) is 5.33. The lowest BCUT2D eigenvalue weighted by atomic mass is 10.2. The molecule has 0 saturated carbocycles. The molecule has 0 aliphatic carbocycles. The van der Waals surface area contributed by atoms with Gasteiger partial charge in [-0.2, -0.15) is 0 Å². The summed E-state index contributed by atoms with van der Waals surface area (Å²) in [7, 11) is 1.32. The number of rotatable bonds is 6. The van der Waals surface area contributed by atoms with Gasteiger partial charge in [0.15, 0.2) is 6.61 Å². The summed E-state index contributed by atoms with van der Waals surface area (Å²) in [6, 6.07) is 7.31.